The second-order valence-corrected chi connectivity index (χ2v) is 7.41. The number of hydrogen-bond donors (Lipinski definition) is 0. The molecule has 0 spiro atoms. The van der Waals surface area contributed by atoms with Gasteiger partial charge < -0.3 is 0 Å². The van der Waals surface area contributed by atoms with Crippen molar-refractivity contribution < 1.29 is 9.18 Å². The van der Waals surface area contributed by atoms with E-state index in [0.29, 0.717) is 0 Å². The highest BCUT2D eigenvalue weighted by atomic mass is 19.1. The molecule has 0 amide bonds. The molecule has 0 saturated heterocycles. The Kier molecular flexibility index (Phi) is 23.9. The molecule has 1 aromatic rings. The molecule has 0 saturated carbocycles. The molecule has 0 aliphatic carbocycles. The molecule has 0 heterocycles. The number of unbranched alkanes of at least 4 members (excludes halogenated alkanes) is 2. The van der Waals surface area contributed by atoms with Crippen LogP contribution in [0.5, 0.6) is 0 Å². The Morgan fingerprint density at radius 1 is 0.963 bits per heavy atom. The van der Waals surface area contributed by atoms with Gasteiger partial charge >= 0.3 is 0 Å². The van der Waals surface area contributed by atoms with Gasteiger partial charge in [-0.1, -0.05) is 105 Å². The predicted octanol–water partition coefficient (Wildman–Crippen LogP) is 8.70. The number of benzene rings is 1. The highest BCUT2D eigenvalue weighted by molar-refractivity contribution is 5.77. The van der Waals surface area contributed by atoms with Gasteiger partial charge in [0, 0.05) is 5.92 Å². The first-order valence-electron chi connectivity index (χ1n) is 10.9. The maximum atomic E-state index is 12.5. The minimum Gasteiger partial charge on any atom is -0.300 e. The van der Waals surface area contributed by atoms with Crippen LogP contribution in [0.4, 0.5) is 4.39 Å². The van der Waals surface area contributed by atoms with E-state index in [1.165, 1.54) is 44.6 Å². The van der Waals surface area contributed by atoms with Gasteiger partial charge in [-0.15, -0.1) is 0 Å². The maximum absolute atomic E-state index is 12.5. The third-order valence-electron chi connectivity index (χ3n) is 4.23. The van der Waals surface area contributed by atoms with Gasteiger partial charge in [0.15, 0.2) is 0 Å². The number of Topliss-reactive ketones (excluding diaryl/α,β-unsaturated/α-hetero) is 1. The molecule has 0 unspecified atom stereocenters. The fourth-order valence-corrected chi connectivity index (χ4v) is 2.04. The van der Waals surface area contributed by atoms with E-state index in [9.17, 15) is 9.18 Å². The summed E-state index contributed by atoms with van der Waals surface area (Å²) in [6.45, 7) is 20.0. The number of carbonyl (C=O) groups excluding carboxylic acids is 1. The van der Waals surface area contributed by atoms with Crippen molar-refractivity contribution in [1.29, 1.82) is 0 Å². The van der Waals surface area contributed by atoms with E-state index in [0.717, 1.165) is 17.0 Å². The monoisotopic (exact) mass is 382 g/mol. The summed E-state index contributed by atoms with van der Waals surface area (Å²) in [5, 5.41) is 0. The Morgan fingerprint density at radius 2 is 1.37 bits per heavy atom. The summed E-state index contributed by atoms with van der Waals surface area (Å²) < 4.78 is 12.5. The highest BCUT2D eigenvalue weighted by Crippen LogP contribution is 2.14. The Morgan fingerprint density at radius 3 is 1.63 bits per heavy atom. The zero-order valence-corrected chi connectivity index (χ0v) is 19.9. The molecule has 1 aromatic carbocycles. The molecule has 0 aliphatic rings. The molecule has 2 heteroatoms. The minimum absolute atomic E-state index is 0.124. The maximum Gasteiger partial charge on any atom is 0.132 e. The molecular weight excluding hydrogens is 335 g/mol. The van der Waals surface area contributed by atoms with Crippen LogP contribution < -0.4 is 0 Å². The predicted molar refractivity (Wildman–Crippen MR) is 121 cm³/mol. The van der Waals surface area contributed by atoms with Crippen molar-refractivity contribution in [1.82, 2.24) is 0 Å². The zero-order chi connectivity index (χ0) is 21.8. The van der Waals surface area contributed by atoms with Gasteiger partial charge in [0.1, 0.15) is 11.6 Å². The molecule has 1 rings (SSSR count). The van der Waals surface area contributed by atoms with E-state index < -0.39 is 0 Å². The van der Waals surface area contributed by atoms with Gasteiger partial charge in [0.25, 0.3) is 0 Å². The number of rotatable bonds is 7. The number of hydrogen-bond acceptors (Lipinski definition) is 1. The first-order chi connectivity index (χ1) is 12.6. The van der Waals surface area contributed by atoms with Crippen molar-refractivity contribution in [3.05, 3.63) is 35.1 Å². The fraction of sp³-hybridized carbons (Fsp3) is 0.720. The highest BCUT2D eigenvalue weighted by Gasteiger charge is 1.99. The zero-order valence-electron chi connectivity index (χ0n) is 19.9. The molecule has 0 N–H and O–H groups in total. The molecule has 0 fully saturated rings. The Hall–Kier alpha value is -1.18. The third-order valence-corrected chi connectivity index (χ3v) is 4.23. The van der Waals surface area contributed by atoms with Crippen LogP contribution in [0.1, 0.15) is 105 Å². The third kappa shape index (κ3) is 22.8. The standard InChI is InChI=1S/C10H22.C8H9F.C5H10O.C2H6/c1-4-6-8-10(3)9-7-5-2;1-6-3-4-8(9)7(2)5-6;1-4(2)5(3)6;1-2/h10H,4-9H2,1-3H3;3-5H,1-2H3;4H,1-3H3;1-2H3. The lowest BCUT2D eigenvalue weighted by molar-refractivity contribution is -0.119. The molecule has 27 heavy (non-hydrogen) atoms. The van der Waals surface area contributed by atoms with Gasteiger partial charge in [-0.2, -0.15) is 0 Å². The van der Waals surface area contributed by atoms with Gasteiger partial charge in [0.2, 0.25) is 0 Å². The van der Waals surface area contributed by atoms with E-state index in [2.05, 4.69) is 20.8 Å². The summed E-state index contributed by atoms with van der Waals surface area (Å²) >= 11 is 0. The van der Waals surface area contributed by atoms with Gasteiger partial charge in [-0.25, -0.2) is 4.39 Å². The van der Waals surface area contributed by atoms with Crippen molar-refractivity contribution in [3.63, 3.8) is 0 Å². The number of aryl methyl sites for hydroxylation is 2. The quantitative estimate of drug-likeness (QED) is 0.461. The van der Waals surface area contributed by atoms with Gasteiger partial charge in [-0.05, 0) is 38.3 Å². The van der Waals surface area contributed by atoms with Crippen molar-refractivity contribution >= 4 is 5.78 Å². The van der Waals surface area contributed by atoms with Crippen molar-refractivity contribution in [2.45, 2.75) is 108 Å². The van der Waals surface area contributed by atoms with Crippen LogP contribution in [0, 0.1) is 31.5 Å². The van der Waals surface area contributed by atoms with Crippen molar-refractivity contribution in [3.8, 4) is 0 Å². The molecule has 0 bridgehead atoms. The summed E-state index contributed by atoms with van der Waals surface area (Å²) in [6, 6.07) is 5.09. The Bertz CT molecular complexity index is 444. The van der Waals surface area contributed by atoms with Crippen molar-refractivity contribution in [2.75, 3.05) is 0 Å². The summed E-state index contributed by atoms with van der Waals surface area (Å²) in [4.78, 5) is 10.1. The van der Waals surface area contributed by atoms with E-state index in [-0.39, 0.29) is 17.5 Å². The topological polar surface area (TPSA) is 17.1 Å². The second-order valence-electron chi connectivity index (χ2n) is 7.41. The SMILES string of the molecule is CC.CC(=O)C(C)C.CCCCC(C)CCCC.Cc1ccc(F)c(C)c1. The summed E-state index contributed by atoms with van der Waals surface area (Å²) in [5.41, 5.74) is 1.82. The van der Waals surface area contributed by atoms with E-state index in [4.69, 9.17) is 0 Å². The molecule has 0 aliphatic heterocycles. The first-order valence-corrected chi connectivity index (χ1v) is 10.9. The first kappa shape index (κ1) is 30.5. The van der Waals surface area contributed by atoms with E-state index >= 15 is 0 Å². The van der Waals surface area contributed by atoms with E-state index in [1.807, 2.05) is 40.7 Å². The summed E-state index contributed by atoms with van der Waals surface area (Å²) in [5.74, 6) is 1.32. The molecule has 1 nitrogen and oxygen atoms in total. The van der Waals surface area contributed by atoms with Crippen molar-refractivity contribution in [2.24, 2.45) is 11.8 Å². The fourth-order valence-electron chi connectivity index (χ4n) is 2.04. The number of ketones is 1. The molecule has 160 valence electrons. The van der Waals surface area contributed by atoms with Crippen LogP contribution >= 0.6 is 0 Å². The lowest BCUT2D eigenvalue weighted by Gasteiger charge is -2.08. The largest absolute Gasteiger partial charge is 0.300 e. The van der Waals surface area contributed by atoms with Crippen LogP contribution in [-0.4, -0.2) is 5.78 Å². The smallest absolute Gasteiger partial charge is 0.132 e. The van der Waals surface area contributed by atoms with Crippen LogP contribution in [0.25, 0.3) is 0 Å². The normalized spacial score (nSPS) is 9.52. The minimum atomic E-state index is -0.124. The summed E-state index contributed by atoms with van der Waals surface area (Å²) in [6.07, 6.45) is 8.44. The van der Waals surface area contributed by atoms with Gasteiger partial charge in [0.05, 0.1) is 0 Å². The average Bonchev–Trinajstić information content (AvgIpc) is 2.64. The van der Waals surface area contributed by atoms with E-state index in [1.54, 1.807) is 19.9 Å². The van der Waals surface area contributed by atoms with Crippen LogP contribution in [0.2, 0.25) is 0 Å². The Balaban J connectivity index is -0.000000314. The van der Waals surface area contributed by atoms with Crippen LogP contribution in [-0.2, 0) is 4.79 Å². The lowest BCUT2D eigenvalue weighted by atomic mass is 9.98. The van der Waals surface area contributed by atoms with Gasteiger partial charge in [-0.3, -0.25) is 4.79 Å². The molecule has 0 aromatic heterocycles. The Labute approximate surface area is 170 Å². The lowest BCUT2D eigenvalue weighted by Crippen LogP contribution is -1.98. The average molecular weight is 383 g/mol. The summed E-state index contributed by atoms with van der Waals surface area (Å²) in [7, 11) is 0. The second kappa shape index (κ2) is 21.1. The van der Waals surface area contributed by atoms with Crippen LogP contribution in [0.3, 0.4) is 0 Å². The number of carbonyl (C=O) groups is 1. The van der Waals surface area contributed by atoms with Crippen LogP contribution in [0.15, 0.2) is 18.2 Å². The number of halogens is 1. The molecule has 0 radical (unpaired) electrons. The molecular formula is C25H47FO. The molecule has 0 atom stereocenters.